The van der Waals surface area contributed by atoms with E-state index in [0.717, 1.165) is 0 Å². The number of rotatable bonds is 6. The van der Waals surface area contributed by atoms with Crippen LogP contribution >= 0.6 is 0 Å². The predicted octanol–water partition coefficient (Wildman–Crippen LogP) is -0.106. The van der Waals surface area contributed by atoms with Crippen LogP contribution in [0.15, 0.2) is 12.4 Å². The Kier molecular flexibility index (Phi) is 4.62. The van der Waals surface area contributed by atoms with Gasteiger partial charge in [0.1, 0.15) is 6.54 Å². The van der Waals surface area contributed by atoms with Crippen molar-refractivity contribution >= 4 is 11.9 Å². The molecule has 1 unspecified atom stereocenters. The average molecular weight is 240 g/mol. The summed E-state index contributed by atoms with van der Waals surface area (Å²) in [6, 6.07) is -0.372. The van der Waals surface area contributed by atoms with E-state index in [2.05, 4.69) is 15.6 Å². The fourth-order valence-electron chi connectivity index (χ4n) is 1.36. The van der Waals surface area contributed by atoms with Gasteiger partial charge in [0.25, 0.3) is 0 Å². The molecule has 0 fully saturated rings. The van der Waals surface area contributed by atoms with Crippen LogP contribution in [-0.2, 0) is 16.1 Å². The summed E-state index contributed by atoms with van der Waals surface area (Å²) < 4.78 is 1.38. The van der Waals surface area contributed by atoms with Gasteiger partial charge in [-0.25, -0.2) is 4.68 Å². The van der Waals surface area contributed by atoms with Gasteiger partial charge in [0, 0.05) is 12.2 Å². The van der Waals surface area contributed by atoms with E-state index in [0.29, 0.717) is 0 Å². The molecule has 1 amide bonds. The Balaban J connectivity index is 2.49. The van der Waals surface area contributed by atoms with Crippen molar-refractivity contribution in [2.45, 2.75) is 32.9 Å². The minimum atomic E-state index is -0.926. The third-order valence-corrected chi connectivity index (χ3v) is 2.32. The highest BCUT2D eigenvalue weighted by atomic mass is 16.4. The molecule has 0 saturated heterocycles. The average Bonchev–Trinajstić information content (AvgIpc) is 2.68. The number of hydrogen-bond acceptors (Lipinski definition) is 4. The Morgan fingerprint density at radius 2 is 2.18 bits per heavy atom. The maximum atomic E-state index is 11.6. The van der Waals surface area contributed by atoms with Crippen molar-refractivity contribution in [3.63, 3.8) is 0 Å². The highest BCUT2D eigenvalue weighted by Crippen LogP contribution is 2.06. The lowest BCUT2D eigenvalue weighted by molar-refractivity contribution is -0.138. The van der Waals surface area contributed by atoms with Gasteiger partial charge in [-0.15, -0.1) is 5.10 Å². The third kappa shape index (κ3) is 4.62. The minimum Gasteiger partial charge on any atom is -0.481 e. The maximum absolute atomic E-state index is 11.6. The summed E-state index contributed by atoms with van der Waals surface area (Å²) in [5.74, 6) is -1.13. The molecule has 0 radical (unpaired) electrons. The number of hydrogen-bond donors (Lipinski definition) is 2. The Morgan fingerprint density at radius 1 is 1.47 bits per heavy atom. The second-order valence-corrected chi connectivity index (χ2v) is 4.12. The van der Waals surface area contributed by atoms with Gasteiger partial charge in [-0.1, -0.05) is 19.1 Å². The molecule has 7 nitrogen and oxygen atoms in total. The fraction of sp³-hybridized carbons (Fsp3) is 0.600. The zero-order chi connectivity index (χ0) is 12.8. The molecule has 0 spiro atoms. The summed E-state index contributed by atoms with van der Waals surface area (Å²) >= 11 is 0. The standard InChI is InChI=1S/C10H16N4O3/c1-7(2)8(5-10(16)17)12-9(15)6-14-4-3-11-13-14/h3-4,7-8H,5-6H2,1-2H3,(H,12,15)(H,16,17). The number of amides is 1. The van der Waals surface area contributed by atoms with E-state index in [1.807, 2.05) is 13.8 Å². The molecule has 1 atom stereocenters. The Morgan fingerprint density at radius 3 is 2.65 bits per heavy atom. The summed E-state index contributed by atoms with van der Waals surface area (Å²) in [6.45, 7) is 3.77. The smallest absolute Gasteiger partial charge is 0.305 e. The van der Waals surface area contributed by atoms with E-state index in [1.54, 1.807) is 6.20 Å². The molecule has 1 rings (SSSR count). The molecule has 0 aromatic carbocycles. The highest BCUT2D eigenvalue weighted by Gasteiger charge is 2.19. The topological polar surface area (TPSA) is 97.1 Å². The summed E-state index contributed by atoms with van der Waals surface area (Å²) in [6.07, 6.45) is 2.96. The monoisotopic (exact) mass is 240 g/mol. The van der Waals surface area contributed by atoms with Gasteiger partial charge >= 0.3 is 5.97 Å². The molecule has 7 heteroatoms. The van der Waals surface area contributed by atoms with E-state index < -0.39 is 5.97 Å². The summed E-state index contributed by atoms with van der Waals surface area (Å²) in [4.78, 5) is 22.2. The van der Waals surface area contributed by atoms with Crippen LogP contribution in [0.25, 0.3) is 0 Å². The summed E-state index contributed by atoms with van der Waals surface area (Å²) in [5, 5.41) is 18.6. The highest BCUT2D eigenvalue weighted by molar-refractivity contribution is 5.77. The van der Waals surface area contributed by atoms with Crippen molar-refractivity contribution in [1.29, 1.82) is 0 Å². The van der Waals surface area contributed by atoms with E-state index >= 15 is 0 Å². The van der Waals surface area contributed by atoms with Crippen LogP contribution in [-0.4, -0.2) is 38.0 Å². The molecule has 94 valence electrons. The van der Waals surface area contributed by atoms with Crippen molar-refractivity contribution in [2.75, 3.05) is 0 Å². The van der Waals surface area contributed by atoms with Crippen LogP contribution in [0.2, 0.25) is 0 Å². The van der Waals surface area contributed by atoms with Crippen molar-refractivity contribution in [1.82, 2.24) is 20.3 Å². The van der Waals surface area contributed by atoms with Crippen LogP contribution in [0.3, 0.4) is 0 Å². The molecule has 1 aromatic rings. The largest absolute Gasteiger partial charge is 0.481 e. The number of carboxylic acids is 1. The van der Waals surface area contributed by atoms with Crippen LogP contribution in [0.4, 0.5) is 0 Å². The molecule has 0 aliphatic carbocycles. The van der Waals surface area contributed by atoms with E-state index in [-0.39, 0.29) is 30.8 Å². The van der Waals surface area contributed by atoms with Gasteiger partial charge in [-0.05, 0) is 5.92 Å². The molecule has 1 heterocycles. The number of aromatic nitrogens is 3. The minimum absolute atomic E-state index is 0.0445. The lowest BCUT2D eigenvalue weighted by Gasteiger charge is -2.20. The molecule has 2 N–H and O–H groups in total. The first-order valence-electron chi connectivity index (χ1n) is 5.34. The number of nitrogens with one attached hydrogen (secondary N) is 1. The van der Waals surface area contributed by atoms with Crippen molar-refractivity contribution in [3.8, 4) is 0 Å². The first kappa shape index (κ1) is 13.1. The second-order valence-electron chi connectivity index (χ2n) is 4.12. The lowest BCUT2D eigenvalue weighted by Crippen LogP contribution is -2.41. The van der Waals surface area contributed by atoms with Gasteiger partial charge in [0.05, 0.1) is 12.6 Å². The van der Waals surface area contributed by atoms with Crippen LogP contribution in [0.5, 0.6) is 0 Å². The van der Waals surface area contributed by atoms with E-state index in [4.69, 9.17) is 5.11 Å². The third-order valence-electron chi connectivity index (χ3n) is 2.32. The first-order valence-corrected chi connectivity index (χ1v) is 5.34. The van der Waals surface area contributed by atoms with Crippen LogP contribution < -0.4 is 5.32 Å². The van der Waals surface area contributed by atoms with Gasteiger partial charge in [0.2, 0.25) is 5.91 Å². The lowest BCUT2D eigenvalue weighted by atomic mass is 10.0. The number of carboxylic acid groups (broad SMARTS) is 1. The van der Waals surface area contributed by atoms with Gasteiger partial charge in [0.15, 0.2) is 0 Å². The molecule has 0 bridgehead atoms. The first-order chi connectivity index (χ1) is 7.99. The second kappa shape index (κ2) is 5.97. The van der Waals surface area contributed by atoms with Gasteiger partial charge < -0.3 is 10.4 Å². The normalized spacial score (nSPS) is 12.4. The molecule has 0 aliphatic heterocycles. The molecular weight excluding hydrogens is 224 g/mol. The van der Waals surface area contributed by atoms with E-state index in [1.165, 1.54) is 10.9 Å². The van der Waals surface area contributed by atoms with Crippen LogP contribution in [0.1, 0.15) is 20.3 Å². The van der Waals surface area contributed by atoms with Crippen molar-refractivity contribution in [3.05, 3.63) is 12.4 Å². The van der Waals surface area contributed by atoms with Crippen LogP contribution in [0, 0.1) is 5.92 Å². The number of carbonyl (C=O) groups is 2. The number of nitrogens with zero attached hydrogens (tertiary/aromatic N) is 3. The molecular formula is C10H16N4O3. The van der Waals surface area contributed by atoms with Crippen molar-refractivity contribution < 1.29 is 14.7 Å². The Bertz CT molecular complexity index is 375. The van der Waals surface area contributed by atoms with Gasteiger partial charge in [-0.3, -0.25) is 9.59 Å². The van der Waals surface area contributed by atoms with E-state index in [9.17, 15) is 9.59 Å². The van der Waals surface area contributed by atoms with Gasteiger partial charge in [-0.2, -0.15) is 0 Å². The molecule has 17 heavy (non-hydrogen) atoms. The SMILES string of the molecule is CC(C)C(CC(=O)O)NC(=O)Cn1ccnn1. The zero-order valence-corrected chi connectivity index (χ0v) is 9.83. The maximum Gasteiger partial charge on any atom is 0.305 e. The number of carbonyl (C=O) groups excluding carboxylic acids is 1. The zero-order valence-electron chi connectivity index (χ0n) is 9.83. The molecule has 0 saturated carbocycles. The summed E-state index contributed by atoms with van der Waals surface area (Å²) in [5.41, 5.74) is 0. The Hall–Kier alpha value is -1.92. The molecule has 1 aromatic heterocycles. The number of aliphatic carboxylic acids is 1. The predicted molar refractivity (Wildman–Crippen MR) is 59.0 cm³/mol. The fourth-order valence-corrected chi connectivity index (χ4v) is 1.36. The Labute approximate surface area is 98.8 Å². The summed E-state index contributed by atoms with van der Waals surface area (Å²) in [7, 11) is 0. The quantitative estimate of drug-likeness (QED) is 0.723. The molecule has 0 aliphatic rings. The van der Waals surface area contributed by atoms with Crippen molar-refractivity contribution in [2.24, 2.45) is 5.92 Å².